The highest BCUT2D eigenvalue weighted by Crippen LogP contribution is 2.30. The van der Waals surface area contributed by atoms with Gasteiger partial charge in [0, 0.05) is 23.0 Å². The van der Waals surface area contributed by atoms with Crippen molar-refractivity contribution in [3.05, 3.63) is 42.1 Å². The van der Waals surface area contributed by atoms with Gasteiger partial charge >= 0.3 is 0 Å². The van der Waals surface area contributed by atoms with E-state index in [1.54, 1.807) is 0 Å². The van der Waals surface area contributed by atoms with E-state index in [9.17, 15) is 0 Å². The van der Waals surface area contributed by atoms with E-state index >= 15 is 0 Å². The highest BCUT2D eigenvalue weighted by Gasteiger charge is 2.29. The zero-order valence-electron chi connectivity index (χ0n) is 10.0. The van der Waals surface area contributed by atoms with Crippen molar-refractivity contribution in [3.8, 4) is 0 Å². The van der Waals surface area contributed by atoms with E-state index in [2.05, 4.69) is 24.3 Å². The molecule has 0 saturated heterocycles. The lowest BCUT2D eigenvalue weighted by Gasteiger charge is -2.22. The molecule has 1 saturated carbocycles. The molecule has 1 aliphatic carbocycles. The van der Waals surface area contributed by atoms with Gasteiger partial charge in [0.05, 0.1) is 5.52 Å². The van der Waals surface area contributed by atoms with Crippen LogP contribution >= 0.6 is 0 Å². The lowest BCUT2D eigenvalue weighted by Crippen LogP contribution is -2.38. The molecule has 1 aromatic heterocycles. The Morgan fingerprint density at radius 1 is 1.06 bits per heavy atom. The van der Waals surface area contributed by atoms with Crippen LogP contribution in [0.3, 0.4) is 0 Å². The molecule has 1 aromatic carbocycles. The molecule has 2 nitrogen and oxygen atoms in total. The molecule has 0 aliphatic heterocycles. The summed E-state index contributed by atoms with van der Waals surface area (Å²) in [6.45, 7) is 0. The van der Waals surface area contributed by atoms with Gasteiger partial charge < -0.3 is 5.73 Å². The molecule has 0 atom stereocenters. The number of aromatic nitrogens is 1. The van der Waals surface area contributed by atoms with Crippen LogP contribution in [0.25, 0.3) is 10.9 Å². The number of nitrogens with zero attached hydrogens (tertiary/aromatic N) is 1. The minimum absolute atomic E-state index is 0.00451. The molecule has 1 fully saturated rings. The summed E-state index contributed by atoms with van der Waals surface area (Å²) in [6.07, 6.45) is 5.73. The fourth-order valence-corrected chi connectivity index (χ4v) is 2.82. The average Bonchev–Trinajstić information content (AvgIpc) is 2.76. The predicted molar refractivity (Wildman–Crippen MR) is 70.8 cm³/mol. The number of benzene rings is 1. The van der Waals surface area contributed by atoms with Crippen molar-refractivity contribution in [2.45, 2.75) is 37.6 Å². The Morgan fingerprint density at radius 3 is 2.65 bits per heavy atom. The third kappa shape index (κ3) is 2.18. The average molecular weight is 226 g/mol. The molecule has 0 bridgehead atoms. The van der Waals surface area contributed by atoms with Crippen molar-refractivity contribution in [2.75, 3.05) is 0 Å². The summed E-state index contributed by atoms with van der Waals surface area (Å²) in [5.41, 5.74) is 8.60. The fourth-order valence-electron chi connectivity index (χ4n) is 2.82. The lowest BCUT2D eigenvalue weighted by molar-refractivity contribution is 0.432. The second kappa shape index (κ2) is 4.11. The molecule has 2 N–H and O–H groups in total. The first-order chi connectivity index (χ1) is 8.25. The number of nitrogens with two attached hydrogens (primary N) is 1. The van der Waals surface area contributed by atoms with Crippen LogP contribution in [-0.2, 0) is 6.42 Å². The summed E-state index contributed by atoms with van der Waals surface area (Å²) in [7, 11) is 0. The van der Waals surface area contributed by atoms with Gasteiger partial charge in [-0.2, -0.15) is 0 Å². The third-order valence-corrected chi connectivity index (χ3v) is 3.79. The molecular weight excluding hydrogens is 208 g/mol. The van der Waals surface area contributed by atoms with Crippen molar-refractivity contribution in [1.29, 1.82) is 0 Å². The standard InChI is InChI=1S/C15H18N2/c16-15(9-3-4-10-15)11-13-8-7-12-5-1-2-6-14(12)17-13/h1-2,5-8H,3-4,9-11,16H2. The molecule has 3 rings (SSSR count). The SMILES string of the molecule is NC1(Cc2ccc3ccccc3n2)CCCC1. The van der Waals surface area contributed by atoms with Crippen molar-refractivity contribution in [1.82, 2.24) is 4.98 Å². The maximum absolute atomic E-state index is 6.40. The van der Waals surface area contributed by atoms with Crippen LogP contribution in [-0.4, -0.2) is 10.5 Å². The predicted octanol–water partition coefficient (Wildman–Crippen LogP) is 3.05. The summed E-state index contributed by atoms with van der Waals surface area (Å²) < 4.78 is 0. The van der Waals surface area contributed by atoms with Gasteiger partial charge in [0.15, 0.2) is 0 Å². The molecular formula is C15H18N2. The molecule has 1 heterocycles. The first-order valence-electron chi connectivity index (χ1n) is 6.39. The zero-order chi connectivity index (χ0) is 11.7. The number of hydrogen-bond acceptors (Lipinski definition) is 2. The van der Waals surface area contributed by atoms with E-state index in [4.69, 9.17) is 10.7 Å². The zero-order valence-corrected chi connectivity index (χ0v) is 10.0. The van der Waals surface area contributed by atoms with E-state index in [0.717, 1.165) is 30.5 Å². The van der Waals surface area contributed by atoms with Gasteiger partial charge in [0.1, 0.15) is 0 Å². The van der Waals surface area contributed by atoms with Crippen LogP contribution in [0.5, 0.6) is 0 Å². The summed E-state index contributed by atoms with van der Waals surface area (Å²) >= 11 is 0. The van der Waals surface area contributed by atoms with Crippen LogP contribution in [0.2, 0.25) is 0 Å². The van der Waals surface area contributed by atoms with Gasteiger partial charge in [-0.25, -0.2) is 0 Å². The molecule has 1 aliphatic rings. The van der Waals surface area contributed by atoms with Gasteiger partial charge in [0.2, 0.25) is 0 Å². The number of fused-ring (bicyclic) bond motifs is 1. The summed E-state index contributed by atoms with van der Waals surface area (Å²) in [5, 5.41) is 1.20. The Hall–Kier alpha value is -1.41. The Bertz CT molecular complexity index is 527. The Labute approximate surface area is 102 Å². The van der Waals surface area contributed by atoms with Gasteiger partial charge in [-0.05, 0) is 25.0 Å². The van der Waals surface area contributed by atoms with Crippen LogP contribution in [0.15, 0.2) is 36.4 Å². The number of pyridine rings is 1. The van der Waals surface area contributed by atoms with Crippen molar-refractivity contribution in [2.24, 2.45) is 5.73 Å². The molecule has 2 heteroatoms. The molecule has 0 radical (unpaired) electrons. The number of para-hydroxylation sites is 1. The molecule has 2 aromatic rings. The van der Waals surface area contributed by atoms with Crippen LogP contribution in [0, 0.1) is 0 Å². The largest absolute Gasteiger partial charge is 0.325 e. The minimum atomic E-state index is -0.00451. The van der Waals surface area contributed by atoms with Crippen molar-refractivity contribution >= 4 is 10.9 Å². The number of rotatable bonds is 2. The number of hydrogen-bond donors (Lipinski definition) is 1. The molecule has 17 heavy (non-hydrogen) atoms. The Morgan fingerprint density at radius 2 is 1.82 bits per heavy atom. The van der Waals surface area contributed by atoms with E-state index in [0.29, 0.717) is 0 Å². The monoisotopic (exact) mass is 226 g/mol. The second-order valence-electron chi connectivity index (χ2n) is 5.24. The highest BCUT2D eigenvalue weighted by atomic mass is 14.8. The van der Waals surface area contributed by atoms with E-state index in [1.165, 1.54) is 18.2 Å². The summed E-state index contributed by atoms with van der Waals surface area (Å²) in [6, 6.07) is 12.5. The topological polar surface area (TPSA) is 38.9 Å². The summed E-state index contributed by atoms with van der Waals surface area (Å²) in [4.78, 5) is 4.70. The van der Waals surface area contributed by atoms with Gasteiger partial charge in [0.25, 0.3) is 0 Å². The smallest absolute Gasteiger partial charge is 0.0705 e. The first-order valence-corrected chi connectivity index (χ1v) is 6.39. The minimum Gasteiger partial charge on any atom is -0.325 e. The highest BCUT2D eigenvalue weighted by molar-refractivity contribution is 5.78. The van der Waals surface area contributed by atoms with Crippen LogP contribution in [0.4, 0.5) is 0 Å². The maximum atomic E-state index is 6.40. The fraction of sp³-hybridized carbons (Fsp3) is 0.400. The van der Waals surface area contributed by atoms with E-state index in [1.807, 2.05) is 12.1 Å². The van der Waals surface area contributed by atoms with Crippen molar-refractivity contribution in [3.63, 3.8) is 0 Å². The van der Waals surface area contributed by atoms with Gasteiger partial charge in [-0.15, -0.1) is 0 Å². The summed E-state index contributed by atoms with van der Waals surface area (Å²) in [5.74, 6) is 0. The van der Waals surface area contributed by atoms with E-state index in [-0.39, 0.29) is 5.54 Å². The van der Waals surface area contributed by atoms with Crippen LogP contribution < -0.4 is 5.73 Å². The Kier molecular flexibility index (Phi) is 2.60. The quantitative estimate of drug-likeness (QED) is 0.854. The second-order valence-corrected chi connectivity index (χ2v) is 5.24. The van der Waals surface area contributed by atoms with Gasteiger partial charge in [-0.3, -0.25) is 4.98 Å². The molecule has 0 unspecified atom stereocenters. The lowest BCUT2D eigenvalue weighted by atomic mass is 9.92. The molecule has 0 amide bonds. The molecule has 0 spiro atoms. The Balaban J connectivity index is 1.90. The third-order valence-electron chi connectivity index (χ3n) is 3.79. The van der Waals surface area contributed by atoms with Crippen LogP contribution in [0.1, 0.15) is 31.4 Å². The van der Waals surface area contributed by atoms with E-state index < -0.39 is 0 Å². The van der Waals surface area contributed by atoms with Gasteiger partial charge in [-0.1, -0.05) is 37.1 Å². The maximum Gasteiger partial charge on any atom is 0.0705 e. The molecule has 88 valence electrons. The van der Waals surface area contributed by atoms with Crippen molar-refractivity contribution < 1.29 is 0 Å². The first kappa shape index (κ1) is 10.7. The normalized spacial score (nSPS) is 18.6.